The van der Waals surface area contributed by atoms with Crippen molar-refractivity contribution in [3.63, 3.8) is 0 Å². The fourth-order valence-corrected chi connectivity index (χ4v) is 4.27. The van der Waals surface area contributed by atoms with Gasteiger partial charge in [0.25, 0.3) is 0 Å². The summed E-state index contributed by atoms with van der Waals surface area (Å²) in [6, 6.07) is 0. The highest BCUT2D eigenvalue weighted by atomic mass is 16.5. The lowest BCUT2D eigenvalue weighted by Crippen LogP contribution is -2.46. The average molecular weight is 316 g/mol. The van der Waals surface area contributed by atoms with Crippen LogP contribution >= 0.6 is 0 Å². The molecule has 1 aliphatic carbocycles. The molecule has 1 aromatic heterocycles. The van der Waals surface area contributed by atoms with E-state index in [-0.39, 0.29) is 12.2 Å². The van der Waals surface area contributed by atoms with Crippen LogP contribution in [0.2, 0.25) is 0 Å². The predicted molar refractivity (Wildman–Crippen MR) is 92.3 cm³/mol. The third kappa shape index (κ3) is 2.91. The van der Waals surface area contributed by atoms with Gasteiger partial charge in [0.1, 0.15) is 5.82 Å². The van der Waals surface area contributed by atoms with Crippen molar-refractivity contribution >= 4 is 11.8 Å². The van der Waals surface area contributed by atoms with Crippen molar-refractivity contribution in [2.24, 2.45) is 5.92 Å². The van der Waals surface area contributed by atoms with E-state index in [1.54, 1.807) is 0 Å². The van der Waals surface area contributed by atoms with Gasteiger partial charge in [-0.05, 0) is 45.4 Å². The molecule has 1 aromatic rings. The number of hydrogen-bond donors (Lipinski definition) is 0. The van der Waals surface area contributed by atoms with E-state index in [0.717, 1.165) is 50.9 Å². The van der Waals surface area contributed by atoms with E-state index in [1.807, 2.05) is 0 Å². The third-order valence-electron chi connectivity index (χ3n) is 5.33. The van der Waals surface area contributed by atoms with Crippen molar-refractivity contribution in [1.29, 1.82) is 0 Å². The molecule has 2 saturated heterocycles. The topological polar surface area (TPSA) is 41.5 Å². The molecule has 0 N–H and O–H groups in total. The van der Waals surface area contributed by atoms with Gasteiger partial charge in [-0.15, -0.1) is 0 Å². The van der Waals surface area contributed by atoms with Crippen molar-refractivity contribution in [2.45, 2.75) is 58.7 Å². The lowest BCUT2D eigenvalue weighted by atomic mass is 10.1. The largest absolute Gasteiger partial charge is 0.372 e. The second-order valence-corrected chi connectivity index (χ2v) is 7.63. The first-order valence-corrected chi connectivity index (χ1v) is 9.15. The number of hydrogen-bond acceptors (Lipinski definition) is 5. The molecule has 2 aliphatic heterocycles. The number of aromatic nitrogens is 2. The van der Waals surface area contributed by atoms with Gasteiger partial charge in [0, 0.05) is 31.7 Å². The normalized spacial score (nSPS) is 30.8. The maximum absolute atomic E-state index is 5.91. The van der Waals surface area contributed by atoms with Crippen molar-refractivity contribution in [1.82, 2.24) is 9.97 Å². The maximum atomic E-state index is 5.91. The minimum atomic E-state index is 0.265. The van der Waals surface area contributed by atoms with E-state index in [1.165, 1.54) is 29.9 Å². The fourth-order valence-electron chi connectivity index (χ4n) is 4.27. The van der Waals surface area contributed by atoms with Crippen LogP contribution < -0.4 is 9.80 Å². The van der Waals surface area contributed by atoms with Crippen molar-refractivity contribution in [3.8, 4) is 0 Å². The number of fused-ring (bicyclic) bond motifs is 1. The molecule has 0 radical (unpaired) electrons. The van der Waals surface area contributed by atoms with Crippen LogP contribution in [-0.2, 0) is 17.6 Å². The fraction of sp³-hybridized carbons (Fsp3) is 0.778. The smallest absolute Gasteiger partial charge is 0.227 e. The number of ether oxygens (including phenoxy) is 1. The Kier molecular flexibility index (Phi) is 3.92. The molecule has 5 heteroatoms. The Labute approximate surface area is 139 Å². The summed E-state index contributed by atoms with van der Waals surface area (Å²) in [7, 11) is 0. The highest BCUT2D eigenvalue weighted by Gasteiger charge is 2.30. The van der Waals surface area contributed by atoms with Crippen LogP contribution in [0.3, 0.4) is 0 Å². The number of morpholine rings is 1. The van der Waals surface area contributed by atoms with Gasteiger partial charge in [-0.3, -0.25) is 0 Å². The van der Waals surface area contributed by atoms with Gasteiger partial charge in [-0.2, -0.15) is 4.98 Å². The zero-order valence-corrected chi connectivity index (χ0v) is 14.6. The Morgan fingerprint density at radius 3 is 2.43 bits per heavy atom. The first-order chi connectivity index (χ1) is 11.1. The first-order valence-electron chi connectivity index (χ1n) is 9.15. The van der Waals surface area contributed by atoms with Gasteiger partial charge in [0.05, 0.1) is 17.9 Å². The molecule has 4 rings (SSSR count). The minimum absolute atomic E-state index is 0.265. The lowest BCUT2D eigenvalue weighted by molar-refractivity contribution is -0.00550. The van der Waals surface area contributed by atoms with Gasteiger partial charge in [0.15, 0.2) is 0 Å². The minimum Gasteiger partial charge on any atom is -0.372 e. The number of aryl methyl sites for hydroxylation is 1. The van der Waals surface area contributed by atoms with Gasteiger partial charge in [-0.1, -0.05) is 6.92 Å². The number of anilines is 2. The Hall–Kier alpha value is -1.36. The predicted octanol–water partition coefficient (Wildman–Crippen LogP) is 2.43. The molecular formula is C18H28N4O. The third-order valence-corrected chi connectivity index (χ3v) is 5.33. The Bertz CT molecular complexity index is 581. The van der Waals surface area contributed by atoms with Crippen LogP contribution in [0.1, 0.15) is 44.9 Å². The summed E-state index contributed by atoms with van der Waals surface area (Å²) in [6.07, 6.45) is 5.23. The molecule has 126 valence electrons. The monoisotopic (exact) mass is 316 g/mol. The molecule has 5 nitrogen and oxygen atoms in total. The summed E-state index contributed by atoms with van der Waals surface area (Å²) >= 11 is 0. The zero-order valence-electron chi connectivity index (χ0n) is 14.6. The summed E-state index contributed by atoms with van der Waals surface area (Å²) in [5.74, 6) is 2.89. The van der Waals surface area contributed by atoms with E-state index in [9.17, 15) is 0 Å². The van der Waals surface area contributed by atoms with Crippen LogP contribution in [-0.4, -0.2) is 48.4 Å². The van der Waals surface area contributed by atoms with E-state index < -0.39 is 0 Å². The van der Waals surface area contributed by atoms with Crippen molar-refractivity contribution in [3.05, 3.63) is 11.3 Å². The van der Waals surface area contributed by atoms with Gasteiger partial charge in [-0.25, -0.2) is 4.98 Å². The SMILES string of the molecule is CC1CCN(c2nc3c(c(N4C[C@@H](C)O[C@@H](C)C4)n2)CCC3)C1. The summed E-state index contributed by atoms with van der Waals surface area (Å²) in [4.78, 5) is 14.8. The standard InChI is InChI=1S/C18H28N4O/c1-12-7-8-21(9-12)18-19-16-6-4-5-15(16)17(20-18)22-10-13(2)23-14(3)11-22/h12-14H,4-11H2,1-3H3/t12?,13-,14+. The van der Waals surface area contributed by atoms with E-state index in [2.05, 4.69) is 30.6 Å². The molecule has 3 aliphatic rings. The number of rotatable bonds is 2. The molecule has 2 fully saturated rings. The summed E-state index contributed by atoms with van der Waals surface area (Å²) in [5.41, 5.74) is 2.68. The van der Waals surface area contributed by atoms with Crippen LogP contribution in [0.25, 0.3) is 0 Å². The van der Waals surface area contributed by atoms with Crippen LogP contribution in [0.4, 0.5) is 11.8 Å². The maximum Gasteiger partial charge on any atom is 0.227 e. The second-order valence-electron chi connectivity index (χ2n) is 7.63. The molecule has 0 saturated carbocycles. The molecule has 3 atom stereocenters. The summed E-state index contributed by atoms with van der Waals surface area (Å²) in [6.45, 7) is 10.7. The Morgan fingerprint density at radius 2 is 1.74 bits per heavy atom. The molecule has 3 heterocycles. The molecule has 0 bridgehead atoms. The molecule has 1 unspecified atom stereocenters. The Morgan fingerprint density at radius 1 is 0.957 bits per heavy atom. The quantitative estimate of drug-likeness (QED) is 0.838. The summed E-state index contributed by atoms with van der Waals surface area (Å²) < 4.78 is 5.91. The van der Waals surface area contributed by atoms with E-state index in [0.29, 0.717) is 0 Å². The van der Waals surface area contributed by atoms with Crippen molar-refractivity contribution in [2.75, 3.05) is 36.0 Å². The van der Waals surface area contributed by atoms with Gasteiger partial charge in [0.2, 0.25) is 5.95 Å². The lowest BCUT2D eigenvalue weighted by Gasteiger charge is -2.37. The summed E-state index contributed by atoms with van der Waals surface area (Å²) in [5, 5.41) is 0. The molecule has 23 heavy (non-hydrogen) atoms. The molecule has 0 aromatic carbocycles. The zero-order chi connectivity index (χ0) is 16.0. The van der Waals surface area contributed by atoms with Crippen LogP contribution in [0, 0.1) is 5.92 Å². The molecule has 0 spiro atoms. The molecule has 0 amide bonds. The average Bonchev–Trinajstić information content (AvgIpc) is 3.13. The Balaban J connectivity index is 1.69. The van der Waals surface area contributed by atoms with Gasteiger partial charge >= 0.3 is 0 Å². The highest BCUT2D eigenvalue weighted by Crippen LogP contribution is 2.33. The number of nitrogens with zero attached hydrogens (tertiary/aromatic N) is 4. The molecular weight excluding hydrogens is 288 g/mol. The highest BCUT2D eigenvalue weighted by molar-refractivity contribution is 5.55. The second kappa shape index (κ2) is 5.93. The van der Waals surface area contributed by atoms with Gasteiger partial charge < -0.3 is 14.5 Å². The van der Waals surface area contributed by atoms with E-state index >= 15 is 0 Å². The first kappa shape index (κ1) is 15.2. The van der Waals surface area contributed by atoms with Crippen LogP contribution in [0.15, 0.2) is 0 Å². The van der Waals surface area contributed by atoms with Crippen molar-refractivity contribution < 1.29 is 4.74 Å². The van der Waals surface area contributed by atoms with Crippen LogP contribution in [0.5, 0.6) is 0 Å². The van der Waals surface area contributed by atoms with E-state index in [4.69, 9.17) is 14.7 Å².